The van der Waals surface area contributed by atoms with Crippen LogP contribution in [0, 0.1) is 0 Å². The molecule has 0 N–H and O–H groups in total. The van der Waals surface area contributed by atoms with Crippen LogP contribution in [0.2, 0.25) is 0 Å². The molecule has 9 aromatic rings. The molecule has 12 rings (SSSR count). The number of allylic oxidation sites excluding steroid dienone is 4. The van der Waals surface area contributed by atoms with E-state index in [0.29, 0.717) is 0 Å². The Balaban J connectivity index is 1.21. The molecule has 0 saturated heterocycles. The molecular formula is C56H40N2. The van der Waals surface area contributed by atoms with E-state index in [1.165, 1.54) is 105 Å². The summed E-state index contributed by atoms with van der Waals surface area (Å²) in [5.41, 5.74) is 18.1. The number of benzene rings is 9. The van der Waals surface area contributed by atoms with Crippen molar-refractivity contribution in [2.75, 3.05) is 9.80 Å². The molecule has 0 aromatic heterocycles. The van der Waals surface area contributed by atoms with Crippen LogP contribution in [0.3, 0.4) is 0 Å². The zero-order valence-electron chi connectivity index (χ0n) is 32.2. The van der Waals surface area contributed by atoms with Crippen LogP contribution < -0.4 is 9.80 Å². The molecule has 0 amide bonds. The molecule has 0 saturated carbocycles. The minimum atomic E-state index is 0.928. The van der Waals surface area contributed by atoms with Crippen molar-refractivity contribution in [3.8, 4) is 22.3 Å². The van der Waals surface area contributed by atoms with Crippen LogP contribution in [0.5, 0.6) is 0 Å². The van der Waals surface area contributed by atoms with Gasteiger partial charge in [0.15, 0.2) is 0 Å². The molecule has 0 spiro atoms. The van der Waals surface area contributed by atoms with Crippen LogP contribution in [0.1, 0.15) is 29.5 Å². The predicted octanol–water partition coefficient (Wildman–Crippen LogP) is 15.2. The van der Waals surface area contributed by atoms with E-state index in [1.54, 1.807) is 0 Å². The summed E-state index contributed by atoms with van der Waals surface area (Å²) in [7, 11) is 0. The van der Waals surface area contributed by atoms with Crippen LogP contribution >= 0.6 is 0 Å². The maximum absolute atomic E-state index is 2.56. The summed E-state index contributed by atoms with van der Waals surface area (Å²) in [6.07, 6.45) is 8.70. The van der Waals surface area contributed by atoms with E-state index in [1.807, 2.05) is 0 Å². The minimum Gasteiger partial charge on any atom is -0.314 e. The van der Waals surface area contributed by atoms with Crippen LogP contribution in [0.25, 0.3) is 54.6 Å². The van der Waals surface area contributed by atoms with Crippen molar-refractivity contribution in [1.82, 2.24) is 0 Å². The Morgan fingerprint density at radius 2 is 0.966 bits per heavy atom. The van der Waals surface area contributed by atoms with Gasteiger partial charge in [0.05, 0.1) is 0 Å². The fraction of sp³-hybridized carbons (Fsp3) is 0.0714. The number of hydrogen-bond donors (Lipinski definition) is 0. The first-order valence-corrected chi connectivity index (χ1v) is 20.6. The fourth-order valence-corrected chi connectivity index (χ4v) is 10.1. The second-order valence-corrected chi connectivity index (χ2v) is 15.9. The maximum Gasteiger partial charge on any atom is 0.0497 e. The Bertz CT molecular complexity index is 3140. The molecule has 0 atom stereocenters. The maximum atomic E-state index is 2.56. The number of hydrogen-bond acceptors (Lipinski definition) is 2. The molecule has 3 aliphatic rings. The van der Waals surface area contributed by atoms with Gasteiger partial charge < -0.3 is 9.80 Å². The van der Waals surface area contributed by atoms with Crippen LogP contribution in [-0.2, 0) is 12.8 Å². The van der Waals surface area contributed by atoms with Gasteiger partial charge in [-0.1, -0.05) is 152 Å². The zero-order valence-corrected chi connectivity index (χ0v) is 32.2. The van der Waals surface area contributed by atoms with Gasteiger partial charge in [-0.15, -0.1) is 0 Å². The molecule has 2 heteroatoms. The molecule has 58 heavy (non-hydrogen) atoms. The lowest BCUT2D eigenvalue weighted by Gasteiger charge is -2.37. The number of anilines is 5. The van der Waals surface area contributed by atoms with Gasteiger partial charge in [0.25, 0.3) is 0 Å². The van der Waals surface area contributed by atoms with Crippen molar-refractivity contribution < 1.29 is 0 Å². The predicted molar refractivity (Wildman–Crippen MR) is 245 cm³/mol. The highest BCUT2D eigenvalue weighted by Gasteiger charge is 2.29. The van der Waals surface area contributed by atoms with Gasteiger partial charge in [-0.3, -0.25) is 0 Å². The lowest BCUT2D eigenvalue weighted by Crippen LogP contribution is -2.24. The van der Waals surface area contributed by atoms with Crippen LogP contribution in [0.15, 0.2) is 205 Å². The highest BCUT2D eigenvalue weighted by molar-refractivity contribution is 6.24. The first kappa shape index (κ1) is 33.0. The summed E-state index contributed by atoms with van der Waals surface area (Å²) < 4.78 is 0. The number of para-hydroxylation sites is 3. The van der Waals surface area contributed by atoms with Crippen LogP contribution in [0.4, 0.5) is 28.4 Å². The first-order chi connectivity index (χ1) is 28.8. The zero-order chi connectivity index (χ0) is 38.2. The highest BCUT2D eigenvalue weighted by Crippen LogP contribution is 2.51. The normalized spacial score (nSPS) is 14.4. The van der Waals surface area contributed by atoms with Crippen LogP contribution in [-0.4, -0.2) is 0 Å². The lowest BCUT2D eigenvalue weighted by atomic mass is 9.83. The SMILES string of the molecule is C1=CC2=C(CC1)N(c1ccc3c(-c4cccc5ccccc45)c4ccc(N5c6ccccc6Cc6ccccc65)cc4c(-c4ccccc4)c3c1)c1ccccc1C2. The van der Waals surface area contributed by atoms with Crippen molar-refractivity contribution in [1.29, 1.82) is 0 Å². The molecule has 0 radical (unpaired) electrons. The summed E-state index contributed by atoms with van der Waals surface area (Å²) >= 11 is 0. The van der Waals surface area contributed by atoms with E-state index in [-0.39, 0.29) is 0 Å². The largest absolute Gasteiger partial charge is 0.314 e. The van der Waals surface area contributed by atoms with Crippen molar-refractivity contribution in [2.24, 2.45) is 0 Å². The summed E-state index contributed by atoms with van der Waals surface area (Å²) in [5.74, 6) is 0. The summed E-state index contributed by atoms with van der Waals surface area (Å²) in [4.78, 5) is 5.04. The van der Waals surface area contributed by atoms with E-state index in [4.69, 9.17) is 0 Å². The molecule has 0 bridgehead atoms. The van der Waals surface area contributed by atoms with E-state index in [2.05, 4.69) is 204 Å². The highest BCUT2D eigenvalue weighted by atomic mass is 15.2. The van der Waals surface area contributed by atoms with Crippen molar-refractivity contribution in [2.45, 2.75) is 25.7 Å². The average Bonchev–Trinajstić information content (AvgIpc) is 3.29. The molecule has 9 aromatic carbocycles. The summed E-state index contributed by atoms with van der Waals surface area (Å²) in [5, 5.41) is 7.53. The van der Waals surface area contributed by atoms with Crippen molar-refractivity contribution in [3.63, 3.8) is 0 Å². The molecule has 2 heterocycles. The summed E-state index contributed by atoms with van der Waals surface area (Å²) in [6.45, 7) is 0. The number of nitrogens with zero attached hydrogens (tertiary/aromatic N) is 2. The standard InChI is InChI=1S/C56H40N2/c1-2-16-38(17-3-1)55-49-35-43(57-51-25-10-5-18-39(51)33-40-19-6-11-26-52(40)57)29-31-47(49)56(46-24-14-22-37-15-4-9-23-45(37)46)48-32-30-44(36-50(48)55)58-53-27-12-7-20-41(53)34-42-21-8-13-28-54(42)58/h1-12,14-27,29-32,35-36H,13,28,33-34H2. The smallest absolute Gasteiger partial charge is 0.0497 e. The van der Waals surface area contributed by atoms with Gasteiger partial charge in [-0.05, 0) is 132 Å². The fourth-order valence-electron chi connectivity index (χ4n) is 10.1. The van der Waals surface area contributed by atoms with Gasteiger partial charge >= 0.3 is 0 Å². The van der Waals surface area contributed by atoms with E-state index < -0.39 is 0 Å². The molecule has 2 aliphatic heterocycles. The van der Waals surface area contributed by atoms with Gasteiger partial charge in [-0.2, -0.15) is 0 Å². The average molecular weight is 741 g/mol. The molecule has 2 nitrogen and oxygen atoms in total. The third-order valence-corrected chi connectivity index (χ3v) is 12.7. The number of fused-ring (bicyclic) bond motifs is 6. The molecule has 274 valence electrons. The Labute approximate surface area is 339 Å². The van der Waals surface area contributed by atoms with E-state index >= 15 is 0 Å². The van der Waals surface area contributed by atoms with Gasteiger partial charge in [0.2, 0.25) is 0 Å². The number of rotatable bonds is 4. The molecule has 0 fully saturated rings. The third kappa shape index (κ3) is 5.11. The second-order valence-electron chi connectivity index (χ2n) is 15.9. The monoisotopic (exact) mass is 740 g/mol. The minimum absolute atomic E-state index is 0.928. The third-order valence-electron chi connectivity index (χ3n) is 12.7. The Morgan fingerprint density at radius 1 is 0.397 bits per heavy atom. The topological polar surface area (TPSA) is 6.48 Å². The van der Waals surface area contributed by atoms with Gasteiger partial charge in [-0.25, -0.2) is 0 Å². The Kier molecular flexibility index (Phi) is 7.53. The second kappa shape index (κ2) is 13.2. The lowest BCUT2D eigenvalue weighted by molar-refractivity contribution is 0.859. The van der Waals surface area contributed by atoms with Gasteiger partial charge in [0, 0.05) is 47.0 Å². The van der Waals surface area contributed by atoms with Gasteiger partial charge in [0.1, 0.15) is 0 Å². The van der Waals surface area contributed by atoms with Crippen molar-refractivity contribution >= 4 is 60.8 Å². The first-order valence-electron chi connectivity index (χ1n) is 20.6. The quantitative estimate of drug-likeness (QED) is 0.166. The van der Waals surface area contributed by atoms with Crippen molar-refractivity contribution in [3.05, 3.63) is 222 Å². The van der Waals surface area contributed by atoms with E-state index in [0.717, 1.165) is 31.4 Å². The molecular weight excluding hydrogens is 701 g/mol. The molecule has 0 unspecified atom stereocenters. The Morgan fingerprint density at radius 3 is 1.67 bits per heavy atom. The Hall–Kier alpha value is -7.16. The van der Waals surface area contributed by atoms with E-state index in [9.17, 15) is 0 Å². The molecule has 1 aliphatic carbocycles. The summed E-state index contributed by atoms with van der Waals surface area (Å²) in [6, 6.07) is 68.0.